The molecule has 1 atom stereocenters. The van der Waals surface area contributed by atoms with Gasteiger partial charge in [-0.15, -0.1) is 0 Å². The van der Waals surface area contributed by atoms with E-state index in [2.05, 4.69) is 0 Å². The summed E-state index contributed by atoms with van der Waals surface area (Å²) in [6.07, 6.45) is 0. The molecule has 0 radical (unpaired) electrons. The summed E-state index contributed by atoms with van der Waals surface area (Å²) in [5, 5.41) is 11.2. The van der Waals surface area contributed by atoms with Crippen LogP contribution in [0.2, 0.25) is 0 Å². The van der Waals surface area contributed by atoms with Gasteiger partial charge in [0.05, 0.1) is 18.7 Å². The predicted molar refractivity (Wildman–Crippen MR) is 118 cm³/mol. The number of aliphatic hydroxyl groups excluding tert-OH is 1. The number of rotatable bonds is 6. The van der Waals surface area contributed by atoms with Crippen molar-refractivity contribution in [2.45, 2.75) is 6.04 Å². The molecule has 2 heterocycles. The Morgan fingerprint density at radius 1 is 1.09 bits per heavy atom. The molecule has 2 aliphatic rings. The highest BCUT2D eigenvalue weighted by Gasteiger charge is 2.46. The summed E-state index contributed by atoms with van der Waals surface area (Å²) >= 11 is 0. The van der Waals surface area contributed by atoms with Gasteiger partial charge in [-0.1, -0.05) is 12.1 Å². The number of likely N-dealkylation sites (tertiary alicyclic amines) is 1. The van der Waals surface area contributed by atoms with E-state index in [0.29, 0.717) is 54.7 Å². The first kappa shape index (κ1) is 21.7. The number of fused-ring (bicyclic) bond motifs is 1. The Balaban J connectivity index is 1.81. The van der Waals surface area contributed by atoms with Crippen LogP contribution >= 0.6 is 0 Å². The molecule has 0 saturated carbocycles. The standard InChI is InChI=1S/C24H26N2O6/c1-25(2)10-11-26-21(15-4-7-17(30-3)8-5-15)20(23(28)24(26)29)22(27)16-6-9-18-19(14-16)32-13-12-31-18/h4-9,14,21,27H,10-13H2,1-3H3/b22-20+/t21-/m1/s1. The summed E-state index contributed by atoms with van der Waals surface area (Å²) in [4.78, 5) is 29.5. The molecule has 0 unspecified atom stereocenters. The molecule has 1 saturated heterocycles. The number of hydrogen-bond donors (Lipinski definition) is 1. The maximum absolute atomic E-state index is 13.1. The Bertz CT molecular complexity index is 1060. The second kappa shape index (κ2) is 8.92. The van der Waals surface area contributed by atoms with Crippen LogP contribution in [-0.2, 0) is 9.59 Å². The molecule has 1 fully saturated rings. The van der Waals surface area contributed by atoms with E-state index in [-0.39, 0.29) is 11.3 Å². The van der Waals surface area contributed by atoms with E-state index in [0.717, 1.165) is 0 Å². The molecule has 0 aromatic heterocycles. The van der Waals surface area contributed by atoms with Gasteiger partial charge in [-0.3, -0.25) is 9.59 Å². The van der Waals surface area contributed by atoms with Gasteiger partial charge in [0.25, 0.3) is 11.7 Å². The lowest BCUT2D eigenvalue weighted by Gasteiger charge is -2.26. The minimum atomic E-state index is -0.714. The summed E-state index contributed by atoms with van der Waals surface area (Å²) in [7, 11) is 5.36. The predicted octanol–water partition coefficient (Wildman–Crippen LogP) is 2.45. The van der Waals surface area contributed by atoms with E-state index < -0.39 is 17.7 Å². The molecule has 1 N–H and O–H groups in total. The normalized spacial score (nSPS) is 19.5. The molecule has 0 aliphatic carbocycles. The average Bonchev–Trinajstić information content (AvgIpc) is 3.06. The van der Waals surface area contributed by atoms with Crippen molar-refractivity contribution in [1.82, 2.24) is 9.80 Å². The van der Waals surface area contributed by atoms with Gasteiger partial charge >= 0.3 is 0 Å². The highest BCUT2D eigenvalue weighted by atomic mass is 16.6. The maximum atomic E-state index is 13.1. The number of aliphatic hydroxyl groups is 1. The van der Waals surface area contributed by atoms with Gasteiger partial charge in [-0.2, -0.15) is 0 Å². The largest absolute Gasteiger partial charge is 0.507 e. The molecule has 2 aromatic carbocycles. The van der Waals surface area contributed by atoms with Crippen molar-refractivity contribution in [3.05, 3.63) is 59.2 Å². The first-order valence-corrected chi connectivity index (χ1v) is 10.4. The Kier molecular flexibility index (Phi) is 6.05. The lowest BCUT2D eigenvalue weighted by atomic mass is 9.95. The number of ether oxygens (including phenoxy) is 3. The van der Waals surface area contributed by atoms with Gasteiger partial charge in [0.1, 0.15) is 24.7 Å². The fourth-order valence-electron chi connectivity index (χ4n) is 3.90. The minimum Gasteiger partial charge on any atom is -0.507 e. The van der Waals surface area contributed by atoms with Crippen LogP contribution in [0, 0.1) is 0 Å². The van der Waals surface area contributed by atoms with Crippen LogP contribution in [0.4, 0.5) is 0 Å². The van der Waals surface area contributed by atoms with Crippen molar-refractivity contribution in [3.63, 3.8) is 0 Å². The first-order valence-electron chi connectivity index (χ1n) is 10.4. The number of likely N-dealkylation sites (N-methyl/N-ethyl adjacent to an activating group) is 1. The van der Waals surface area contributed by atoms with E-state index in [1.54, 1.807) is 49.6 Å². The molecule has 0 spiro atoms. The number of Topliss-reactive ketones (excluding diaryl/α,β-unsaturated/α-hetero) is 1. The zero-order valence-corrected chi connectivity index (χ0v) is 18.3. The summed E-state index contributed by atoms with van der Waals surface area (Å²) in [6, 6.07) is 11.4. The van der Waals surface area contributed by atoms with Gasteiger partial charge in [0.15, 0.2) is 11.5 Å². The van der Waals surface area contributed by atoms with Crippen LogP contribution in [-0.4, -0.2) is 74.1 Å². The molecular weight excluding hydrogens is 412 g/mol. The zero-order chi connectivity index (χ0) is 22.8. The molecule has 2 aromatic rings. The highest BCUT2D eigenvalue weighted by molar-refractivity contribution is 6.46. The van der Waals surface area contributed by atoms with Gasteiger partial charge < -0.3 is 29.1 Å². The zero-order valence-electron chi connectivity index (χ0n) is 18.3. The van der Waals surface area contributed by atoms with Gasteiger partial charge in [0, 0.05) is 18.7 Å². The van der Waals surface area contributed by atoms with Crippen LogP contribution in [0.1, 0.15) is 17.2 Å². The fraction of sp³-hybridized carbons (Fsp3) is 0.333. The van der Waals surface area contributed by atoms with Crippen molar-refractivity contribution in [1.29, 1.82) is 0 Å². The first-order chi connectivity index (χ1) is 15.4. The average molecular weight is 438 g/mol. The summed E-state index contributed by atoms with van der Waals surface area (Å²) in [5.41, 5.74) is 1.15. The molecule has 32 heavy (non-hydrogen) atoms. The van der Waals surface area contributed by atoms with E-state index in [4.69, 9.17) is 14.2 Å². The third-order valence-electron chi connectivity index (χ3n) is 5.58. The Morgan fingerprint density at radius 3 is 2.44 bits per heavy atom. The Labute approximate surface area is 186 Å². The van der Waals surface area contributed by atoms with Crippen LogP contribution in [0.25, 0.3) is 5.76 Å². The third-order valence-corrected chi connectivity index (χ3v) is 5.58. The number of nitrogens with zero attached hydrogens (tertiary/aromatic N) is 2. The lowest BCUT2D eigenvalue weighted by molar-refractivity contribution is -0.140. The van der Waals surface area contributed by atoms with Crippen LogP contribution in [0.15, 0.2) is 48.0 Å². The molecular formula is C24H26N2O6. The van der Waals surface area contributed by atoms with Gasteiger partial charge in [0.2, 0.25) is 0 Å². The van der Waals surface area contributed by atoms with E-state index >= 15 is 0 Å². The van der Waals surface area contributed by atoms with Crippen LogP contribution in [0.3, 0.4) is 0 Å². The topological polar surface area (TPSA) is 88.5 Å². The van der Waals surface area contributed by atoms with Crippen molar-refractivity contribution in [3.8, 4) is 17.2 Å². The summed E-state index contributed by atoms with van der Waals surface area (Å²) in [5.74, 6) is 0.136. The number of hydrogen-bond acceptors (Lipinski definition) is 7. The van der Waals surface area contributed by atoms with Gasteiger partial charge in [-0.05, 0) is 50.0 Å². The monoisotopic (exact) mass is 438 g/mol. The molecule has 2 aliphatic heterocycles. The molecule has 8 nitrogen and oxygen atoms in total. The Hall–Kier alpha value is -3.52. The Morgan fingerprint density at radius 2 is 1.78 bits per heavy atom. The fourth-order valence-corrected chi connectivity index (χ4v) is 3.90. The summed E-state index contributed by atoms with van der Waals surface area (Å²) in [6.45, 7) is 1.76. The van der Waals surface area contributed by atoms with Crippen molar-refractivity contribution in [2.24, 2.45) is 0 Å². The molecule has 1 amide bonds. The lowest BCUT2D eigenvalue weighted by Crippen LogP contribution is -2.35. The number of benzene rings is 2. The minimum absolute atomic E-state index is 0.0515. The molecule has 168 valence electrons. The van der Waals surface area contributed by atoms with E-state index in [1.165, 1.54) is 4.90 Å². The smallest absolute Gasteiger partial charge is 0.295 e. The summed E-state index contributed by atoms with van der Waals surface area (Å²) < 4.78 is 16.4. The third kappa shape index (κ3) is 4.01. The number of ketones is 1. The van der Waals surface area contributed by atoms with E-state index in [1.807, 2.05) is 19.0 Å². The number of amides is 1. The van der Waals surface area contributed by atoms with E-state index in [9.17, 15) is 14.7 Å². The molecule has 0 bridgehead atoms. The SMILES string of the molecule is COc1ccc([C@@H]2/C(=C(\O)c3ccc4c(c3)OCCO4)C(=O)C(=O)N2CCN(C)C)cc1. The van der Waals surface area contributed by atoms with Crippen LogP contribution in [0.5, 0.6) is 17.2 Å². The second-order valence-corrected chi connectivity index (χ2v) is 7.93. The van der Waals surface area contributed by atoms with Crippen molar-refractivity contribution < 1.29 is 28.9 Å². The van der Waals surface area contributed by atoms with Crippen LogP contribution < -0.4 is 14.2 Å². The maximum Gasteiger partial charge on any atom is 0.295 e. The number of carbonyl (C=O) groups excluding carboxylic acids is 2. The van der Waals surface area contributed by atoms with Gasteiger partial charge in [-0.25, -0.2) is 0 Å². The molecule has 8 heteroatoms. The number of carbonyl (C=O) groups is 2. The van der Waals surface area contributed by atoms with Crippen molar-refractivity contribution in [2.75, 3.05) is 47.5 Å². The highest BCUT2D eigenvalue weighted by Crippen LogP contribution is 2.41. The second-order valence-electron chi connectivity index (χ2n) is 7.93. The quantitative estimate of drug-likeness (QED) is 0.421. The molecule has 4 rings (SSSR count). The van der Waals surface area contributed by atoms with Crippen molar-refractivity contribution >= 4 is 17.4 Å². The number of methoxy groups -OCH3 is 1.